The van der Waals surface area contributed by atoms with E-state index in [9.17, 15) is 5.11 Å². The average molecular weight is 405 g/mol. The summed E-state index contributed by atoms with van der Waals surface area (Å²) in [6.45, 7) is 7.82. The highest BCUT2D eigenvalue weighted by Crippen LogP contribution is 2.26. The van der Waals surface area contributed by atoms with E-state index in [4.69, 9.17) is 4.42 Å². The first-order valence-electron chi connectivity index (χ1n) is 10.2. The molecule has 6 nitrogen and oxygen atoms in total. The van der Waals surface area contributed by atoms with E-state index in [1.54, 1.807) is 17.6 Å². The van der Waals surface area contributed by atoms with Gasteiger partial charge in [0.1, 0.15) is 11.4 Å². The summed E-state index contributed by atoms with van der Waals surface area (Å²) in [5.41, 5.74) is -0.968. The molecule has 3 N–H and O–H groups in total. The van der Waals surface area contributed by atoms with Gasteiger partial charge in [0.05, 0.1) is 18.8 Å². The SMILES string of the molecule is CCNC(=NCC(C)(O)c1cccs1)NCC(c1ccco1)N1CCCCC1. The van der Waals surface area contributed by atoms with Gasteiger partial charge in [-0.2, -0.15) is 0 Å². The van der Waals surface area contributed by atoms with E-state index < -0.39 is 5.60 Å². The van der Waals surface area contributed by atoms with Crippen LogP contribution < -0.4 is 10.6 Å². The standard InChI is InChI=1S/C21H32N4O2S/c1-3-22-20(24-16-21(2,26)19-10-8-14-28-19)23-15-17(18-9-7-13-27-18)25-11-5-4-6-12-25/h7-10,13-14,17,26H,3-6,11-12,15-16H2,1-2H3,(H2,22,23,24). The third kappa shape index (κ3) is 5.59. The number of thiophene rings is 1. The van der Waals surface area contributed by atoms with Crippen molar-refractivity contribution in [3.8, 4) is 0 Å². The minimum Gasteiger partial charge on any atom is -0.468 e. The molecule has 28 heavy (non-hydrogen) atoms. The molecule has 1 aliphatic rings. The second-order valence-electron chi connectivity index (χ2n) is 7.46. The average Bonchev–Trinajstić information content (AvgIpc) is 3.41. The molecule has 154 valence electrons. The summed E-state index contributed by atoms with van der Waals surface area (Å²) in [6, 6.07) is 8.08. The Hall–Kier alpha value is -1.83. The van der Waals surface area contributed by atoms with Gasteiger partial charge in [-0.25, -0.2) is 4.99 Å². The summed E-state index contributed by atoms with van der Waals surface area (Å²) < 4.78 is 5.72. The molecule has 1 aliphatic heterocycles. The normalized spacial score (nSPS) is 19.2. The molecule has 0 spiro atoms. The smallest absolute Gasteiger partial charge is 0.191 e. The fourth-order valence-electron chi connectivity index (χ4n) is 3.55. The second-order valence-corrected chi connectivity index (χ2v) is 8.40. The Kier molecular flexibility index (Phi) is 7.53. The van der Waals surface area contributed by atoms with Crippen LogP contribution in [0.15, 0.2) is 45.3 Å². The lowest BCUT2D eigenvalue weighted by molar-refractivity contribution is 0.0711. The number of hydrogen-bond acceptors (Lipinski definition) is 5. The van der Waals surface area contributed by atoms with Crippen molar-refractivity contribution in [2.75, 3.05) is 32.7 Å². The lowest BCUT2D eigenvalue weighted by Crippen LogP contribution is -2.45. The van der Waals surface area contributed by atoms with Crippen LogP contribution in [0, 0.1) is 0 Å². The van der Waals surface area contributed by atoms with Crippen molar-refractivity contribution in [2.24, 2.45) is 4.99 Å². The third-order valence-electron chi connectivity index (χ3n) is 5.11. The summed E-state index contributed by atoms with van der Waals surface area (Å²) >= 11 is 1.55. The third-order valence-corrected chi connectivity index (χ3v) is 6.23. The predicted octanol–water partition coefficient (Wildman–Crippen LogP) is 3.33. The molecule has 3 heterocycles. The van der Waals surface area contributed by atoms with Crippen LogP contribution in [0.25, 0.3) is 0 Å². The molecule has 2 atom stereocenters. The van der Waals surface area contributed by atoms with Crippen molar-refractivity contribution in [1.29, 1.82) is 0 Å². The van der Waals surface area contributed by atoms with Gasteiger partial charge in [0, 0.05) is 18.0 Å². The molecule has 0 amide bonds. The Morgan fingerprint density at radius 2 is 2.11 bits per heavy atom. The molecule has 2 unspecified atom stereocenters. The van der Waals surface area contributed by atoms with Gasteiger partial charge in [-0.15, -0.1) is 11.3 Å². The van der Waals surface area contributed by atoms with Crippen molar-refractivity contribution in [3.05, 3.63) is 46.5 Å². The number of piperidine rings is 1. The topological polar surface area (TPSA) is 73.0 Å². The van der Waals surface area contributed by atoms with Crippen LogP contribution in [0.5, 0.6) is 0 Å². The monoisotopic (exact) mass is 404 g/mol. The molecule has 1 saturated heterocycles. The highest BCUT2D eigenvalue weighted by atomic mass is 32.1. The summed E-state index contributed by atoms with van der Waals surface area (Å²) in [4.78, 5) is 8.05. The molecular formula is C21H32N4O2S. The zero-order valence-electron chi connectivity index (χ0n) is 16.9. The number of rotatable bonds is 8. The molecule has 0 aromatic carbocycles. The van der Waals surface area contributed by atoms with Gasteiger partial charge in [-0.05, 0) is 63.4 Å². The quantitative estimate of drug-likeness (QED) is 0.465. The lowest BCUT2D eigenvalue weighted by Gasteiger charge is -2.33. The number of likely N-dealkylation sites (tertiary alicyclic amines) is 1. The van der Waals surface area contributed by atoms with Gasteiger partial charge < -0.3 is 20.2 Å². The summed E-state index contributed by atoms with van der Waals surface area (Å²) in [7, 11) is 0. The highest BCUT2D eigenvalue weighted by Gasteiger charge is 2.26. The van der Waals surface area contributed by atoms with Crippen LogP contribution in [-0.4, -0.2) is 48.7 Å². The largest absolute Gasteiger partial charge is 0.468 e. The second kappa shape index (κ2) is 10.1. The molecule has 2 aromatic rings. The fourth-order valence-corrected chi connectivity index (χ4v) is 4.33. The number of furan rings is 1. The number of nitrogens with zero attached hydrogens (tertiary/aromatic N) is 2. The Morgan fingerprint density at radius 1 is 1.29 bits per heavy atom. The van der Waals surface area contributed by atoms with Crippen LogP contribution >= 0.6 is 11.3 Å². The van der Waals surface area contributed by atoms with Gasteiger partial charge in [0.15, 0.2) is 5.96 Å². The Bertz CT molecular complexity index is 707. The van der Waals surface area contributed by atoms with Crippen molar-refractivity contribution in [1.82, 2.24) is 15.5 Å². The zero-order valence-corrected chi connectivity index (χ0v) is 17.7. The molecule has 0 saturated carbocycles. The molecular weight excluding hydrogens is 372 g/mol. The van der Waals surface area contributed by atoms with E-state index in [0.29, 0.717) is 19.0 Å². The van der Waals surface area contributed by atoms with E-state index in [-0.39, 0.29) is 6.04 Å². The van der Waals surface area contributed by atoms with Gasteiger partial charge >= 0.3 is 0 Å². The van der Waals surface area contributed by atoms with Crippen LogP contribution in [-0.2, 0) is 5.60 Å². The van der Waals surface area contributed by atoms with E-state index in [0.717, 1.165) is 30.3 Å². The van der Waals surface area contributed by atoms with E-state index in [1.807, 2.05) is 43.5 Å². The first-order valence-corrected chi connectivity index (χ1v) is 11.0. The molecule has 3 rings (SSSR count). The predicted molar refractivity (Wildman–Crippen MR) is 115 cm³/mol. The maximum atomic E-state index is 10.7. The molecule has 0 aliphatic carbocycles. The minimum atomic E-state index is -0.968. The maximum absolute atomic E-state index is 10.7. The number of aliphatic hydroxyl groups is 1. The van der Waals surface area contributed by atoms with Crippen molar-refractivity contribution < 1.29 is 9.52 Å². The minimum absolute atomic E-state index is 0.178. The number of nitrogens with one attached hydrogen (secondary N) is 2. The highest BCUT2D eigenvalue weighted by molar-refractivity contribution is 7.10. The number of aliphatic imine (C=N–C) groups is 1. The Morgan fingerprint density at radius 3 is 2.75 bits per heavy atom. The van der Waals surface area contributed by atoms with Crippen LogP contribution in [0.1, 0.15) is 49.8 Å². The summed E-state index contributed by atoms with van der Waals surface area (Å²) in [6.07, 6.45) is 5.50. The van der Waals surface area contributed by atoms with E-state index in [2.05, 4.69) is 20.5 Å². The molecule has 1 fully saturated rings. The number of guanidine groups is 1. The van der Waals surface area contributed by atoms with Crippen molar-refractivity contribution >= 4 is 17.3 Å². The van der Waals surface area contributed by atoms with E-state index in [1.165, 1.54) is 19.3 Å². The molecule has 0 bridgehead atoms. The summed E-state index contributed by atoms with van der Waals surface area (Å²) in [5, 5.41) is 19.5. The van der Waals surface area contributed by atoms with Gasteiger partial charge in [-0.1, -0.05) is 12.5 Å². The van der Waals surface area contributed by atoms with Gasteiger partial charge in [0.2, 0.25) is 0 Å². The van der Waals surface area contributed by atoms with Crippen molar-refractivity contribution in [2.45, 2.75) is 44.8 Å². The Labute approximate surface area is 171 Å². The Balaban J connectivity index is 1.66. The van der Waals surface area contributed by atoms with Crippen LogP contribution in [0.2, 0.25) is 0 Å². The van der Waals surface area contributed by atoms with Gasteiger partial charge in [-0.3, -0.25) is 4.90 Å². The maximum Gasteiger partial charge on any atom is 0.191 e. The van der Waals surface area contributed by atoms with E-state index >= 15 is 0 Å². The number of hydrogen-bond donors (Lipinski definition) is 3. The first-order chi connectivity index (χ1) is 13.6. The molecule has 7 heteroatoms. The van der Waals surface area contributed by atoms with Crippen LogP contribution in [0.3, 0.4) is 0 Å². The molecule has 2 aromatic heterocycles. The summed E-state index contributed by atoms with van der Waals surface area (Å²) in [5.74, 6) is 1.70. The van der Waals surface area contributed by atoms with Crippen molar-refractivity contribution in [3.63, 3.8) is 0 Å². The lowest BCUT2D eigenvalue weighted by atomic mass is 10.1. The fraction of sp³-hybridized carbons (Fsp3) is 0.571. The van der Waals surface area contributed by atoms with Gasteiger partial charge in [0.25, 0.3) is 0 Å². The van der Waals surface area contributed by atoms with Crippen LogP contribution in [0.4, 0.5) is 0 Å². The first kappa shape index (κ1) is 20.9. The zero-order chi connectivity index (χ0) is 19.8. The molecule has 0 radical (unpaired) electrons.